The van der Waals surface area contributed by atoms with E-state index in [-0.39, 0.29) is 0 Å². The number of hydrogen-bond donors (Lipinski definition) is 2. The fraction of sp³-hybridized carbons (Fsp3) is 0.133. The van der Waals surface area contributed by atoms with Crippen LogP contribution in [0.1, 0.15) is 21.5 Å². The summed E-state index contributed by atoms with van der Waals surface area (Å²) in [5.74, 6) is 0.265. The van der Waals surface area contributed by atoms with Crippen molar-refractivity contribution in [1.29, 1.82) is 0 Å². The van der Waals surface area contributed by atoms with Gasteiger partial charge in [-0.05, 0) is 23.8 Å². The van der Waals surface area contributed by atoms with Crippen molar-refractivity contribution in [1.82, 2.24) is 4.98 Å². The lowest BCUT2D eigenvalue weighted by atomic mass is 10.1. The summed E-state index contributed by atoms with van der Waals surface area (Å²) in [7, 11) is 1.92. The number of amides is 1. The first kappa shape index (κ1) is 14.9. The van der Waals surface area contributed by atoms with Crippen molar-refractivity contribution in [3.05, 3.63) is 59.3 Å². The summed E-state index contributed by atoms with van der Waals surface area (Å²) in [4.78, 5) is 17.6. The molecule has 0 saturated carbocycles. The van der Waals surface area contributed by atoms with Crippen LogP contribution in [0.4, 0.5) is 5.82 Å². The van der Waals surface area contributed by atoms with Gasteiger partial charge in [0.25, 0.3) is 0 Å². The first-order chi connectivity index (χ1) is 9.97. The Morgan fingerprint density at radius 3 is 2.57 bits per heavy atom. The number of anilines is 1. The van der Waals surface area contributed by atoms with Gasteiger partial charge in [-0.2, -0.15) is 0 Å². The van der Waals surface area contributed by atoms with E-state index in [1.54, 1.807) is 12.1 Å². The van der Waals surface area contributed by atoms with Gasteiger partial charge in [0, 0.05) is 25.4 Å². The molecule has 2 aromatic rings. The van der Waals surface area contributed by atoms with Gasteiger partial charge in [0.15, 0.2) is 0 Å². The third kappa shape index (κ3) is 3.76. The average Bonchev–Trinajstić information content (AvgIpc) is 2.47. The number of pyridine rings is 1. The lowest BCUT2D eigenvalue weighted by Gasteiger charge is -2.18. The zero-order valence-corrected chi connectivity index (χ0v) is 12.4. The number of hydrogen-bond acceptors (Lipinski definition) is 4. The Bertz CT molecular complexity index is 670. The second kappa shape index (κ2) is 6.32. The molecular formula is C15H16N4OS. The molecule has 0 saturated heterocycles. The monoisotopic (exact) mass is 300 g/mol. The predicted octanol–water partition coefficient (Wildman–Crippen LogP) is 1.45. The summed E-state index contributed by atoms with van der Waals surface area (Å²) in [6.45, 7) is 0.652. The number of benzene rings is 1. The molecule has 1 heterocycles. The zero-order chi connectivity index (χ0) is 15.4. The van der Waals surface area contributed by atoms with Crippen molar-refractivity contribution in [2.45, 2.75) is 6.54 Å². The molecule has 4 N–H and O–H groups in total. The summed E-state index contributed by atoms with van der Waals surface area (Å²) in [6, 6.07) is 11.2. The molecule has 108 valence electrons. The van der Waals surface area contributed by atoms with E-state index in [1.807, 2.05) is 36.2 Å². The number of carbonyl (C=O) groups excluding carboxylic acids is 1. The number of aromatic nitrogens is 1. The van der Waals surface area contributed by atoms with Gasteiger partial charge >= 0.3 is 0 Å². The van der Waals surface area contributed by atoms with Crippen LogP contribution in [0.2, 0.25) is 0 Å². The van der Waals surface area contributed by atoms with E-state index in [9.17, 15) is 4.79 Å². The molecule has 0 fully saturated rings. The molecule has 0 spiro atoms. The van der Waals surface area contributed by atoms with Crippen molar-refractivity contribution < 1.29 is 4.79 Å². The van der Waals surface area contributed by atoms with Crippen LogP contribution in [0.15, 0.2) is 42.6 Å². The first-order valence-electron chi connectivity index (χ1n) is 6.33. The van der Waals surface area contributed by atoms with Crippen LogP contribution in [0.25, 0.3) is 0 Å². The number of nitrogens with zero attached hydrogens (tertiary/aromatic N) is 2. The molecule has 21 heavy (non-hydrogen) atoms. The quantitative estimate of drug-likeness (QED) is 0.816. The standard InChI is InChI=1S/C15H16N4OS/c1-19(13-6-5-12(8-18-13)14(16)20)9-10-3-2-4-11(7-10)15(17)21/h2-8H,9H2,1H3,(H2,16,20)(H2,17,21). The second-order valence-electron chi connectivity index (χ2n) is 4.69. The van der Waals surface area contributed by atoms with Crippen LogP contribution in [0, 0.1) is 0 Å². The predicted molar refractivity (Wildman–Crippen MR) is 87.2 cm³/mol. The van der Waals surface area contributed by atoms with Gasteiger partial charge in [-0.1, -0.05) is 30.4 Å². The Labute approximate surface area is 128 Å². The van der Waals surface area contributed by atoms with E-state index in [2.05, 4.69) is 4.98 Å². The molecule has 1 amide bonds. The summed E-state index contributed by atoms with van der Waals surface area (Å²) in [6.07, 6.45) is 1.47. The van der Waals surface area contributed by atoms with Crippen LogP contribution in [-0.2, 0) is 6.54 Å². The molecule has 0 atom stereocenters. The molecule has 2 rings (SSSR count). The van der Waals surface area contributed by atoms with Crippen molar-refractivity contribution in [3.8, 4) is 0 Å². The highest BCUT2D eigenvalue weighted by molar-refractivity contribution is 7.80. The van der Waals surface area contributed by atoms with E-state index in [4.69, 9.17) is 23.7 Å². The van der Waals surface area contributed by atoms with Gasteiger partial charge in [-0.3, -0.25) is 4.79 Å². The van der Waals surface area contributed by atoms with Crippen molar-refractivity contribution >= 4 is 28.9 Å². The van der Waals surface area contributed by atoms with Gasteiger partial charge in [-0.25, -0.2) is 4.98 Å². The van der Waals surface area contributed by atoms with E-state index in [1.165, 1.54) is 6.20 Å². The minimum atomic E-state index is -0.485. The maximum absolute atomic E-state index is 11.0. The maximum Gasteiger partial charge on any atom is 0.250 e. The van der Waals surface area contributed by atoms with E-state index >= 15 is 0 Å². The molecule has 1 aromatic carbocycles. The number of rotatable bonds is 5. The van der Waals surface area contributed by atoms with Crippen molar-refractivity contribution in [2.75, 3.05) is 11.9 Å². The van der Waals surface area contributed by atoms with Crippen LogP contribution in [0.3, 0.4) is 0 Å². The lowest BCUT2D eigenvalue weighted by Crippen LogP contribution is -2.19. The molecule has 5 nitrogen and oxygen atoms in total. The van der Waals surface area contributed by atoms with Crippen LogP contribution >= 0.6 is 12.2 Å². The Morgan fingerprint density at radius 2 is 2.00 bits per heavy atom. The minimum Gasteiger partial charge on any atom is -0.389 e. The fourth-order valence-corrected chi connectivity index (χ4v) is 2.06. The fourth-order valence-electron chi connectivity index (χ4n) is 1.94. The summed E-state index contributed by atoms with van der Waals surface area (Å²) in [5.41, 5.74) is 13.1. The summed E-state index contributed by atoms with van der Waals surface area (Å²) >= 11 is 4.98. The third-order valence-corrected chi connectivity index (χ3v) is 3.29. The summed E-state index contributed by atoms with van der Waals surface area (Å²) in [5, 5.41) is 0. The van der Waals surface area contributed by atoms with Gasteiger partial charge in [-0.15, -0.1) is 0 Å². The Kier molecular flexibility index (Phi) is 4.49. The van der Waals surface area contributed by atoms with Crippen molar-refractivity contribution in [2.24, 2.45) is 11.5 Å². The largest absolute Gasteiger partial charge is 0.389 e. The smallest absolute Gasteiger partial charge is 0.250 e. The third-order valence-electron chi connectivity index (χ3n) is 3.05. The number of thiocarbonyl (C=S) groups is 1. The van der Waals surface area contributed by atoms with Crippen LogP contribution < -0.4 is 16.4 Å². The molecule has 6 heteroatoms. The summed E-state index contributed by atoms with van der Waals surface area (Å²) < 4.78 is 0. The highest BCUT2D eigenvalue weighted by atomic mass is 32.1. The molecule has 0 unspecified atom stereocenters. The topological polar surface area (TPSA) is 85.2 Å². The van der Waals surface area contributed by atoms with Crippen molar-refractivity contribution in [3.63, 3.8) is 0 Å². The Morgan fingerprint density at radius 1 is 1.24 bits per heavy atom. The Balaban J connectivity index is 2.13. The number of primary amides is 1. The average molecular weight is 300 g/mol. The first-order valence-corrected chi connectivity index (χ1v) is 6.74. The molecule has 1 aromatic heterocycles. The number of carbonyl (C=O) groups is 1. The van der Waals surface area contributed by atoms with Crippen LogP contribution in [-0.4, -0.2) is 22.9 Å². The molecular weight excluding hydrogens is 284 g/mol. The zero-order valence-electron chi connectivity index (χ0n) is 11.6. The highest BCUT2D eigenvalue weighted by Crippen LogP contribution is 2.14. The molecule has 0 aliphatic rings. The normalized spacial score (nSPS) is 10.1. The molecule has 0 aliphatic carbocycles. The maximum atomic E-state index is 11.0. The second-order valence-corrected chi connectivity index (χ2v) is 5.13. The number of nitrogens with two attached hydrogens (primary N) is 2. The van der Waals surface area contributed by atoms with Gasteiger partial charge < -0.3 is 16.4 Å². The highest BCUT2D eigenvalue weighted by Gasteiger charge is 2.06. The van der Waals surface area contributed by atoms with E-state index in [0.717, 1.165) is 16.9 Å². The Hall–Kier alpha value is -2.47. The SMILES string of the molecule is CN(Cc1cccc(C(N)=S)c1)c1ccc(C(N)=O)cn1. The molecule has 0 bridgehead atoms. The molecule has 0 aliphatic heterocycles. The van der Waals surface area contributed by atoms with Gasteiger partial charge in [0.1, 0.15) is 10.8 Å². The van der Waals surface area contributed by atoms with Crippen LogP contribution in [0.5, 0.6) is 0 Å². The minimum absolute atomic E-state index is 0.378. The van der Waals surface area contributed by atoms with Gasteiger partial charge in [0.2, 0.25) is 5.91 Å². The van der Waals surface area contributed by atoms with E-state index in [0.29, 0.717) is 17.1 Å². The van der Waals surface area contributed by atoms with Gasteiger partial charge in [0.05, 0.1) is 5.56 Å². The van der Waals surface area contributed by atoms with E-state index < -0.39 is 5.91 Å². The lowest BCUT2D eigenvalue weighted by molar-refractivity contribution is 0.1000. The molecule has 0 radical (unpaired) electrons.